The van der Waals surface area contributed by atoms with Gasteiger partial charge in [-0.25, -0.2) is 8.75 Å². The van der Waals surface area contributed by atoms with Gasteiger partial charge in [-0.3, -0.25) is 9.08 Å². The first-order valence-electron chi connectivity index (χ1n) is 20.2. The van der Waals surface area contributed by atoms with Crippen LogP contribution in [0.4, 0.5) is 0 Å². The number of hydrogen-bond acceptors (Lipinski definition) is 11. The van der Waals surface area contributed by atoms with Gasteiger partial charge in [0.1, 0.15) is 6.10 Å². The van der Waals surface area contributed by atoms with E-state index in [0.29, 0.717) is 53.4 Å². The number of nitrogens with two attached hydrogens (primary N) is 1. The zero-order chi connectivity index (χ0) is 39.6. The molecular weight excluding hydrogens is 725 g/mol. The monoisotopic (exact) mass is 799 g/mol. The maximum Gasteiger partial charge on any atom is 0.470 e. The Balaban J connectivity index is 0.000000661. The summed E-state index contributed by atoms with van der Waals surface area (Å²) in [6.07, 6.45) is 12.5. The quantitative estimate of drug-likeness (QED) is 0.0481. The Bertz CT molecular complexity index is 1240. The number of hydrogen-bond donors (Lipinski definition) is 9. The van der Waals surface area contributed by atoms with Crippen LogP contribution in [0.25, 0.3) is 0 Å². The third-order valence-corrected chi connectivity index (χ3v) is 14.9. The molecule has 4 aliphatic carbocycles. The maximum atomic E-state index is 11.8. The first kappa shape index (κ1) is 47.1. The smallest absolute Gasteiger partial charge is 0.394 e. The van der Waals surface area contributed by atoms with Gasteiger partial charge >= 0.3 is 18.2 Å². The maximum absolute atomic E-state index is 11.8. The SMILES string of the molecule is CC(C)[C@@H](CC[C@@H](C)[C@H]1CC[C@H]2[C@@H]3[C@H](O)C[C@H]4C[C@@H](NCCCNCCCCN)CC[C@]4(C)[C@H]3CC[C@]12C)OS(=O)(=O)O.O=P(O)(O)OC(CO)CO. The molecular formula is C37H74N3O11PS. The molecule has 0 aromatic heterocycles. The molecule has 0 bridgehead atoms. The topological polar surface area (TPSA) is 241 Å². The first-order chi connectivity index (χ1) is 24.8. The normalized spacial score (nSPS) is 34.2. The first-order valence-corrected chi connectivity index (χ1v) is 23.1. The van der Waals surface area contributed by atoms with Gasteiger partial charge in [-0.2, -0.15) is 8.42 Å². The molecule has 0 radical (unpaired) electrons. The Labute approximate surface area is 319 Å². The highest BCUT2D eigenvalue weighted by Gasteiger charge is 2.62. The molecule has 4 rings (SSSR count). The fourth-order valence-corrected chi connectivity index (χ4v) is 12.2. The van der Waals surface area contributed by atoms with E-state index in [1.807, 2.05) is 13.8 Å². The summed E-state index contributed by atoms with van der Waals surface area (Å²) in [6.45, 7) is 14.0. The molecule has 53 heavy (non-hydrogen) atoms. The number of nitrogens with one attached hydrogen (secondary N) is 2. The van der Waals surface area contributed by atoms with Crippen molar-refractivity contribution in [3.63, 3.8) is 0 Å². The van der Waals surface area contributed by atoms with Crippen LogP contribution >= 0.6 is 7.82 Å². The standard InChI is InChI=1S/C34H65N3O5S.C3H9O6P/c1-23(2)31(42-43(39,40)41)12-9-24(3)27-10-11-28-32-29(14-16-34(27,28)5)33(4)15-13-26(21-25(33)22-30(32)38)37-20-8-19-36-18-7-6-17-35;4-1-3(2-5)9-10(6,7)8/h23-32,36-38H,6-22,35H2,1-5H3,(H,39,40,41);3-5H,1-2H2,(H2,6,7,8)/t24-,25-,26+,27-,28+,29+,30-,31-,32+,33+,34-;/m1./s1. The molecule has 0 aliphatic heterocycles. The van der Waals surface area contributed by atoms with E-state index in [4.69, 9.17) is 29.9 Å². The Kier molecular flexibility index (Phi) is 18.6. The van der Waals surface area contributed by atoms with Crippen molar-refractivity contribution in [2.45, 2.75) is 142 Å². The molecule has 0 heterocycles. The largest absolute Gasteiger partial charge is 0.470 e. The van der Waals surface area contributed by atoms with Crippen molar-refractivity contribution in [3.05, 3.63) is 0 Å². The highest BCUT2D eigenvalue weighted by molar-refractivity contribution is 7.80. The minimum absolute atomic E-state index is 0.0152. The fourth-order valence-electron chi connectivity index (χ4n) is 11.0. The molecule has 0 aromatic rings. The van der Waals surface area contributed by atoms with Crippen LogP contribution in [-0.4, -0.2) is 102 Å². The van der Waals surface area contributed by atoms with Gasteiger partial charge in [0.15, 0.2) is 0 Å². The van der Waals surface area contributed by atoms with Gasteiger partial charge in [-0.15, -0.1) is 0 Å². The van der Waals surface area contributed by atoms with Crippen molar-refractivity contribution in [3.8, 4) is 0 Å². The summed E-state index contributed by atoms with van der Waals surface area (Å²) in [5, 5.41) is 35.7. The van der Waals surface area contributed by atoms with Crippen molar-refractivity contribution in [1.29, 1.82) is 0 Å². The van der Waals surface area contributed by atoms with Gasteiger partial charge in [-0.1, -0.05) is 34.6 Å². The number of fused-ring (bicyclic) bond motifs is 5. The summed E-state index contributed by atoms with van der Waals surface area (Å²) in [7, 11) is -9.03. The Hall–Kier alpha value is -0.260. The van der Waals surface area contributed by atoms with E-state index in [1.165, 1.54) is 44.9 Å². The van der Waals surface area contributed by atoms with E-state index in [-0.39, 0.29) is 17.4 Å². The molecule has 0 aromatic carbocycles. The highest BCUT2D eigenvalue weighted by atomic mass is 32.3. The predicted octanol–water partition coefficient (Wildman–Crippen LogP) is 4.00. The van der Waals surface area contributed by atoms with Crippen LogP contribution in [0.3, 0.4) is 0 Å². The van der Waals surface area contributed by atoms with Gasteiger partial charge in [-0.05, 0) is 162 Å². The second-order valence-corrected chi connectivity index (χ2v) is 19.7. The van der Waals surface area contributed by atoms with Gasteiger partial charge in [0.05, 0.1) is 25.4 Å². The minimum Gasteiger partial charge on any atom is -0.394 e. The molecule has 4 fully saturated rings. The molecule has 4 saturated carbocycles. The second kappa shape index (κ2) is 20.9. The summed E-state index contributed by atoms with van der Waals surface area (Å²) < 4.78 is 51.0. The number of rotatable bonds is 20. The molecule has 14 nitrogen and oxygen atoms in total. The zero-order valence-electron chi connectivity index (χ0n) is 32.9. The molecule has 16 heteroatoms. The lowest BCUT2D eigenvalue weighted by Gasteiger charge is -2.62. The van der Waals surface area contributed by atoms with E-state index in [9.17, 15) is 22.6 Å². The lowest BCUT2D eigenvalue weighted by Crippen LogP contribution is -2.59. The molecule has 0 spiro atoms. The fraction of sp³-hybridized carbons (Fsp3) is 1.00. The van der Waals surface area contributed by atoms with Crippen LogP contribution in [0.15, 0.2) is 0 Å². The number of phosphoric ester groups is 1. The number of phosphoric acid groups is 1. The predicted molar refractivity (Wildman–Crippen MR) is 205 cm³/mol. The van der Waals surface area contributed by atoms with Crippen molar-refractivity contribution in [2.75, 3.05) is 39.4 Å². The molecule has 0 amide bonds. The summed E-state index contributed by atoms with van der Waals surface area (Å²) >= 11 is 0. The van der Waals surface area contributed by atoms with Crippen molar-refractivity contribution in [1.82, 2.24) is 10.6 Å². The molecule has 0 saturated heterocycles. The summed E-state index contributed by atoms with van der Waals surface area (Å²) in [4.78, 5) is 16.2. The number of aliphatic hydroxyl groups excluding tert-OH is 3. The third kappa shape index (κ3) is 13.4. The minimum atomic E-state index is -4.57. The van der Waals surface area contributed by atoms with Gasteiger partial charge in [0.2, 0.25) is 0 Å². The average molecular weight is 800 g/mol. The summed E-state index contributed by atoms with van der Waals surface area (Å²) in [5.74, 6) is 3.21. The van der Waals surface area contributed by atoms with Crippen LogP contribution in [0.2, 0.25) is 0 Å². The summed E-state index contributed by atoms with van der Waals surface area (Å²) in [5.41, 5.74) is 6.13. The van der Waals surface area contributed by atoms with E-state index in [2.05, 4.69) is 35.9 Å². The van der Waals surface area contributed by atoms with E-state index in [1.54, 1.807) is 0 Å². The zero-order valence-corrected chi connectivity index (χ0v) is 34.7. The molecule has 11 atom stereocenters. The van der Waals surface area contributed by atoms with Crippen molar-refractivity contribution in [2.24, 2.45) is 58.0 Å². The Morgan fingerprint density at radius 2 is 1.53 bits per heavy atom. The summed E-state index contributed by atoms with van der Waals surface area (Å²) in [6, 6.07) is 0.573. The van der Waals surface area contributed by atoms with E-state index in [0.717, 1.165) is 58.3 Å². The van der Waals surface area contributed by atoms with Crippen LogP contribution in [0.5, 0.6) is 0 Å². The third-order valence-electron chi connectivity index (χ3n) is 13.8. The van der Waals surface area contributed by atoms with Crippen LogP contribution < -0.4 is 16.4 Å². The van der Waals surface area contributed by atoms with Crippen LogP contribution in [-0.2, 0) is 23.7 Å². The van der Waals surface area contributed by atoms with Crippen molar-refractivity contribution >= 4 is 18.2 Å². The van der Waals surface area contributed by atoms with Gasteiger partial charge in [0, 0.05) is 6.04 Å². The van der Waals surface area contributed by atoms with Crippen molar-refractivity contribution < 1.29 is 51.3 Å². The molecule has 4 aliphatic rings. The number of unbranched alkanes of at least 4 members (excludes halogenated alkanes) is 1. The van der Waals surface area contributed by atoms with Crippen LogP contribution in [0.1, 0.15) is 118 Å². The van der Waals surface area contributed by atoms with Gasteiger partial charge in [0.25, 0.3) is 0 Å². The molecule has 314 valence electrons. The average Bonchev–Trinajstić information content (AvgIpc) is 3.43. The lowest BCUT2D eigenvalue weighted by atomic mass is 9.43. The Morgan fingerprint density at radius 1 is 0.887 bits per heavy atom. The van der Waals surface area contributed by atoms with Crippen LogP contribution in [0, 0.1) is 52.3 Å². The Morgan fingerprint density at radius 3 is 2.11 bits per heavy atom. The lowest BCUT2D eigenvalue weighted by molar-refractivity contribution is -0.167. The molecule has 0 unspecified atom stereocenters. The second-order valence-electron chi connectivity index (χ2n) is 17.5. The van der Waals surface area contributed by atoms with E-state index < -0.39 is 43.6 Å². The van der Waals surface area contributed by atoms with Gasteiger partial charge < -0.3 is 41.5 Å². The van der Waals surface area contributed by atoms with E-state index >= 15 is 0 Å². The number of aliphatic hydroxyl groups is 3. The molecule has 10 N–H and O–H groups in total. The highest BCUT2D eigenvalue weighted by Crippen LogP contribution is 2.68.